The minimum atomic E-state index is -0.326. The lowest BCUT2D eigenvalue weighted by Crippen LogP contribution is -2.21. The Morgan fingerprint density at radius 3 is 3.06 bits per heavy atom. The minimum absolute atomic E-state index is 0.0602. The molecule has 1 rings (SSSR count). The first-order valence-electron chi connectivity index (χ1n) is 5.55. The van der Waals surface area contributed by atoms with E-state index >= 15 is 0 Å². The Balaban J connectivity index is 2.43. The van der Waals surface area contributed by atoms with E-state index in [9.17, 15) is 9.50 Å². The summed E-state index contributed by atoms with van der Waals surface area (Å²) in [6, 6.07) is 3.94. The van der Waals surface area contributed by atoms with Crippen molar-refractivity contribution in [2.24, 2.45) is 0 Å². The van der Waals surface area contributed by atoms with Gasteiger partial charge in [0.1, 0.15) is 11.6 Å². The second kappa shape index (κ2) is 7.35. The molecule has 1 aromatic rings. The summed E-state index contributed by atoms with van der Waals surface area (Å²) in [6.07, 6.45) is 1.87. The van der Waals surface area contributed by atoms with Gasteiger partial charge in [-0.2, -0.15) is 11.8 Å². The zero-order chi connectivity index (χ0) is 12.7. The largest absolute Gasteiger partial charge is 0.508 e. The molecule has 2 nitrogen and oxygen atoms in total. The molecule has 0 radical (unpaired) electrons. The normalized spacial score (nSPS) is 12.4. The average molecular weight is 255 g/mol. The van der Waals surface area contributed by atoms with Gasteiger partial charge < -0.3 is 10.4 Å². The maximum absolute atomic E-state index is 13.0. The fourth-order valence-corrected chi connectivity index (χ4v) is 2.09. The van der Waals surface area contributed by atoms with Crippen LogP contribution in [0.3, 0.4) is 0 Å². The highest BCUT2D eigenvalue weighted by molar-refractivity contribution is 7.99. The lowest BCUT2D eigenvalue weighted by atomic mass is 10.1. The Morgan fingerprint density at radius 1 is 1.59 bits per heavy atom. The molecule has 1 unspecified atom stereocenters. The molecule has 0 spiro atoms. The Morgan fingerprint density at radius 2 is 2.35 bits per heavy atom. The molecule has 17 heavy (non-hydrogen) atoms. The Bertz CT molecular complexity index is 370. The molecule has 2 N–H and O–H groups in total. The van der Waals surface area contributed by atoms with E-state index in [1.807, 2.05) is 13.0 Å². The molecular formula is C13H18FNOS. The zero-order valence-corrected chi connectivity index (χ0v) is 10.8. The first kappa shape index (κ1) is 14.1. The molecule has 4 heteroatoms. The van der Waals surface area contributed by atoms with Crippen LogP contribution in [0.2, 0.25) is 0 Å². The molecule has 0 aliphatic carbocycles. The summed E-state index contributed by atoms with van der Waals surface area (Å²) in [4.78, 5) is 0. The summed E-state index contributed by atoms with van der Waals surface area (Å²) in [5.41, 5.74) is 0.596. The lowest BCUT2D eigenvalue weighted by Gasteiger charge is -2.15. The number of benzene rings is 1. The van der Waals surface area contributed by atoms with E-state index in [2.05, 4.69) is 11.9 Å². The van der Waals surface area contributed by atoms with Crippen LogP contribution in [0, 0.1) is 5.82 Å². The van der Waals surface area contributed by atoms with Gasteiger partial charge in [0.05, 0.1) is 0 Å². The zero-order valence-electron chi connectivity index (χ0n) is 9.95. The van der Waals surface area contributed by atoms with Crippen molar-refractivity contribution < 1.29 is 9.50 Å². The van der Waals surface area contributed by atoms with Crippen LogP contribution in [0.25, 0.3) is 0 Å². The number of thioether (sulfide) groups is 1. The summed E-state index contributed by atoms with van der Waals surface area (Å²) in [5, 5.41) is 12.9. The minimum Gasteiger partial charge on any atom is -0.508 e. The van der Waals surface area contributed by atoms with Gasteiger partial charge in [0, 0.05) is 29.7 Å². The molecule has 94 valence electrons. The number of phenols is 1. The van der Waals surface area contributed by atoms with Gasteiger partial charge >= 0.3 is 0 Å². The van der Waals surface area contributed by atoms with Crippen molar-refractivity contribution in [1.82, 2.24) is 5.32 Å². The first-order valence-corrected chi connectivity index (χ1v) is 6.71. The predicted octanol–water partition coefficient (Wildman–Crippen LogP) is 3.10. The van der Waals surface area contributed by atoms with Crippen molar-refractivity contribution in [2.75, 3.05) is 18.1 Å². The van der Waals surface area contributed by atoms with E-state index in [1.54, 1.807) is 11.8 Å². The van der Waals surface area contributed by atoms with Crippen LogP contribution in [0.1, 0.15) is 18.5 Å². The molecule has 1 aromatic carbocycles. The van der Waals surface area contributed by atoms with Gasteiger partial charge in [-0.1, -0.05) is 6.08 Å². The number of hydrogen-bond acceptors (Lipinski definition) is 3. The molecule has 0 fully saturated rings. The number of hydrogen-bond donors (Lipinski definition) is 2. The monoisotopic (exact) mass is 255 g/mol. The maximum atomic E-state index is 13.0. The summed E-state index contributed by atoms with van der Waals surface area (Å²) in [5.74, 6) is 1.70. The third-order valence-corrected chi connectivity index (χ3v) is 3.35. The van der Waals surface area contributed by atoms with Crippen LogP contribution < -0.4 is 5.32 Å². The number of halogens is 1. The van der Waals surface area contributed by atoms with Crippen LogP contribution in [-0.2, 0) is 0 Å². The van der Waals surface area contributed by atoms with Crippen molar-refractivity contribution in [3.63, 3.8) is 0 Å². The van der Waals surface area contributed by atoms with Crippen molar-refractivity contribution >= 4 is 11.8 Å². The summed E-state index contributed by atoms with van der Waals surface area (Å²) in [7, 11) is 0. The molecule has 1 atom stereocenters. The number of aromatic hydroxyl groups is 1. The summed E-state index contributed by atoms with van der Waals surface area (Å²) in [6.45, 7) is 6.37. The molecule has 0 bridgehead atoms. The van der Waals surface area contributed by atoms with E-state index in [0.29, 0.717) is 5.56 Å². The van der Waals surface area contributed by atoms with Crippen LogP contribution >= 0.6 is 11.8 Å². The third kappa shape index (κ3) is 4.79. The Hall–Kier alpha value is -1.00. The van der Waals surface area contributed by atoms with E-state index in [4.69, 9.17) is 0 Å². The topological polar surface area (TPSA) is 32.3 Å². The highest BCUT2D eigenvalue weighted by Gasteiger charge is 2.10. The molecule has 0 heterocycles. The van der Waals surface area contributed by atoms with Crippen LogP contribution in [0.15, 0.2) is 30.9 Å². The van der Waals surface area contributed by atoms with E-state index < -0.39 is 0 Å². The van der Waals surface area contributed by atoms with Gasteiger partial charge in [-0.25, -0.2) is 4.39 Å². The average Bonchev–Trinajstić information content (AvgIpc) is 2.32. The fraction of sp³-hybridized carbons (Fsp3) is 0.385. The van der Waals surface area contributed by atoms with E-state index in [0.717, 1.165) is 18.1 Å². The predicted molar refractivity (Wildman–Crippen MR) is 72.0 cm³/mol. The van der Waals surface area contributed by atoms with Gasteiger partial charge in [0.15, 0.2) is 0 Å². The quantitative estimate of drug-likeness (QED) is 0.580. The molecule has 0 aliphatic heterocycles. The molecule has 0 aromatic heterocycles. The van der Waals surface area contributed by atoms with Gasteiger partial charge in [-0.15, -0.1) is 6.58 Å². The molecule has 0 saturated carbocycles. The van der Waals surface area contributed by atoms with Crippen LogP contribution in [-0.4, -0.2) is 23.2 Å². The summed E-state index contributed by atoms with van der Waals surface area (Å²) >= 11 is 1.78. The highest BCUT2D eigenvalue weighted by atomic mass is 32.2. The second-order valence-corrected chi connectivity index (χ2v) is 4.89. The van der Waals surface area contributed by atoms with Gasteiger partial charge in [-0.05, 0) is 25.1 Å². The molecule has 0 aliphatic rings. The van der Waals surface area contributed by atoms with Crippen LogP contribution in [0.5, 0.6) is 5.75 Å². The van der Waals surface area contributed by atoms with Crippen molar-refractivity contribution in [3.05, 3.63) is 42.2 Å². The van der Waals surface area contributed by atoms with Crippen molar-refractivity contribution in [3.8, 4) is 5.75 Å². The lowest BCUT2D eigenvalue weighted by molar-refractivity contribution is 0.451. The standard InChI is InChI=1S/C13H18FNOS/c1-3-7-17-8-6-15-10(2)12-9-11(14)4-5-13(12)16/h3-5,9-10,15-16H,1,6-8H2,2H3. The molecule has 0 saturated heterocycles. The second-order valence-electron chi connectivity index (χ2n) is 3.74. The number of phenolic OH excluding ortho intramolecular Hbond substituents is 1. The van der Waals surface area contributed by atoms with Crippen LogP contribution in [0.4, 0.5) is 4.39 Å². The Kier molecular flexibility index (Phi) is 6.08. The van der Waals surface area contributed by atoms with Gasteiger partial charge in [-0.3, -0.25) is 0 Å². The molecule has 0 amide bonds. The smallest absolute Gasteiger partial charge is 0.123 e. The van der Waals surface area contributed by atoms with Crippen molar-refractivity contribution in [2.45, 2.75) is 13.0 Å². The third-order valence-electron chi connectivity index (χ3n) is 2.39. The maximum Gasteiger partial charge on any atom is 0.123 e. The van der Waals surface area contributed by atoms with Crippen molar-refractivity contribution in [1.29, 1.82) is 0 Å². The highest BCUT2D eigenvalue weighted by Crippen LogP contribution is 2.24. The number of nitrogens with one attached hydrogen (secondary N) is 1. The Labute approximate surface area is 106 Å². The first-order chi connectivity index (χ1) is 8.15. The molecular weight excluding hydrogens is 237 g/mol. The van der Waals surface area contributed by atoms with Gasteiger partial charge in [0.25, 0.3) is 0 Å². The van der Waals surface area contributed by atoms with E-state index in [-0.39, 0.29) is 17.6 Å². The van der Waals surface area contributed by atoms with Gasteiger partial charge in [0.2, 0.25) is 0 Å². The van der Waals surface area contributed by atoms with E-state index in [1.165, 1.54) is 18.2 Å². The fourth-order valence-electron chi connectivity index (χ4n) is 1.50. The number of rotatable bonds is 7. The summed E-state index contributed by atoms with van der Waals surface area (Å²) < 4.78 is 13.0. The SMILES string of the molecule is C=CCSCCNC(C)c1cc(F)ccc1O.